The Balaban J connectivity index is 1.32. The molecule has 6 heterocycles. The quantitative estimate of drug-likeness (QED) is 0.457. The van der Waals surface area contributed by atoms with E-state index in [-0.39, 0.29) is 22.6 Å². The summed E-state index contributed by atoms with van der Waals surface area (Å²) in [5.74, 6) is 0.621. The summed E-state index contributed by atoms with van der Waals surface area (Å²) in [5, 5.41) is 5.47. The lowest BCUT2D eigenvalue weighted by atomic mass is 9.79. The van der Waals surface area contributed by atoms with Crippen LogP contribution in [-0.2, 0) is 22.9 Å². The van der Waals surface area contributed by atoms with E-state index in [4.69, 9.17) is 14.8 Å². The van der Waals surface area contributed by atoms with E-state index in [1.54, 1.807) is 10.6 Å². The van der Waals surface area contributed by atoms with Crippen molar-refractivity contribution in [1.29, 1.82) is 0 Å². The first-order valence-corrected chi connectivity index (χ1v) is 14.1. The molecule has 9 nitrogen and oxygen atoms in total. The second-order valence-electron chi connectivity index (χ2n) is 12.4. The van der Waals surface area contributed by atoms with Gasteiger partial charge in [-0.3, -0.25) is 14.3 Å². The maximum atomic E-state index is 14.0. The predicted octanol–water partition coefficient (Wildman–Crippen LogP) is 4.74. The van der Waals surface area contributed by atoms with E-state index in [1.165, 1.54) is 6.20 Å². The van der Waals surface area contributed by atoms with Crippen molar-refractivity contribution in [2.24, 2.45) is 5.41 Å². The molecule has 3 saturated heterocycles. The van der Waals surface area contributed by atoms with Crippen LogP contribution in [0.5, 0.6) is 0 Å². The summed E-state index contributed by atoms with van der Waals surface area (Å²) in [6.45, 7) is 11.9. The number of fused-ring (bicyclic) bond motifs is 1. The molecule has 1 atom stereocenters. The molecule has 3 fully saturated rings. The van der Waals surface area contributed by atoms with E-state index in [2.05, 4.69) is 30.7 Å². The topological polar surface area (TPSA) is 81.3 Å². The van der Waals surface area contributed by atoms with E-state index in [1.807, 2.05) is 16.5 Å². The Morgan fingerprint density at radius 1 is 1.12 bits per heavy atom. The van der Waals surface area contributed by atoms with Gasteiger partial charge in [-0.2, -0.15) is 23.3 Å². The second kappa shape index (κ2) is 9.46. The minimum absolute atomic E-state index is 0.0732. The molecule has 12 heteroatoms. The number of halogens is 3. The minimum Gasteiger partial charge on any atom is -0.370 e. The number of alkyl halides is 3. The van der Waals surface area contributed by atoms with Gasteiger partial charge in [-0.15, -0.1) is 0 Å². The molecule has 216 valence electrons. The maximum Gasteiger partial charge on any atom is 0.433 e. The highest BCUT2D eigenvalue weighted by Crippen LogP contribution is 2.44. The molecule has 0 saturated carbocycles. The third-order valence-corrected chi connectivity index (χ3v) is 8.42. The Hall–Kier alpha value is -3.15. The number of rotatable bonds is 4. The van der Waals surface area contributed by atoms with Crippen molar-refractivity contribution < 1.29 is 17.9 Å². The molecule has 3 aliphatic rings. The number of pyridine rings is 1. The molecular weight excluding hydrogens is 523 g/mol. The highest BCUT2D eigenvalue weighted by Gasteiger charge is 2.49. The van der Waals surface area contributed by atoms with E-state index < -0.39 is 11.9 Å². The van der Waals surface area contributed by atoms with Crippen LogP contribution < -0.4 is 15.4 Å². The van der Waals surface area contributed by atoms with Gasteiger partial charge in [-0.05, 0) is 44.7 Å². The van der Waals surface area contributed by atoms with Crippen LogP contribution in [0.4, 0.5) is 24.8 Å². The van der Waals surface area contributed by atoms with E-state index >= 15 is 0 Å². The molecule has 1 unspecified atom stereocenters. The summed E-state index contributed by atoms with van der Waals surface area (Å²) in [6.07, 6.45) is 0.221. The van der Waals surface area contributed by atoms with Gasteiger partial charge in [0.05, 0.1) is 5.69 Å². The second-order valence-corrected chi connectivity index (χ2v) is 12.4. The van der Waals surface area contributed by atoms with Crippen molar-refractivity contribution in [1.82, 2.24) is 24.3 Å². The first-order chi connectivity index (χ1) is 18.9. The average Bonchev–Trinajstić information content (AvgIpc) is 3.51. The SMILES string of the molecule is CCn1c(N2CCC3(CN(c4ccnc(C(F)(F)F)c4)C3)C2)nc2c(c(C(C)(C)C)nn2C2CCCCO2)c1=O. The van der Waals surface area contributed by atoms with Gasteiger partial charge < -0.3 is 14.5 Å². The lowest BCUT2D eigenvalue weighted by molar-refractivity contribution is -0.141. The van der Waals surface area contributed by atoms with E-state index in [0.29, 0.717) is 55.5 Å². The molecule has 0 radical (unpaired) electrons. The van der Waals surface area contributed by atoms with Gasteiger partial charge in [-0.1, -0.05) is 20.8 Å². The average molecular weight is 560 g/mol. The number of ether oxygens (including phenoxy) is 1. The molecule has 0 bridgehead atoms. The standard InChI is InChI=1S/C28H36F3N7O2/c1-5-37-24(39)21-22(26(2,3)4)34-38(20-8-6-7-13-40-20)23(21)33-25(37)35-12-10-27(15-35)16-36(17-27)18-9-11-32-19(14-18)28(29,30)31/h9,11,14,20H,5-8,10,12-13,15-17H2,1-4H3. The summed E-state index contributed by atoms with van der Waals surface area (Å²) >= 11 is 0. The van der Waals surface area contributed by atoms with Gasteiger partial charge in [0.25, 0.3) is 5.56 Å². The highest BCUT2D eigenvalue weighted by atomic mass is 19.4. The zero-order valence-corrected chi connectivity index (χ0v) is 23.5. The fourth-order valence-electron chi connectivity index (χ4n) is 6.36. The van der Waals surface area contributed by atoms with Gasteiger partial charge in [0.1, 0.15) is 11.1 Å². The summed E-state index contributed by atoms with van der Waals surface area (Å²) < 4.78 is 49.2. The molecule has 6 rings (SSSR count). The third kappa shape index (κ3) is 4.53. The molecule has 3 aromatic rings. The Labute approximate surface area is 230 Å². The van der Waals surface area contributed by atoms with Gasteiger partial charge in [0, 0.05) is 62.0 Å². The van der Waals surface area contributed by atoms with E-state index in [9.17, 15) is 18.0 Å². The molecule has 3 aliphatic heterocycles. The van der Waals surface area contributed by atoms with Crippen molar-refractivity contribution in [2.75, 3.05) is 42.6 Å². The smallest absolute Gasteiger partial charge is 0.370 e. The summed E-state index contributed by atoms with van der Waals surface area (Å²) in [4.78, 5) is 26.7. The van der Waals surface area contributed by atoms with Gasteiger partial charge in [0.2, 0.25) is 5.95 Å². The molecule has 1 spiro atoms. The van der Waals surface area contributed by atoms with Crippen LogP contribution in [0.3, 0.4) is 0 Å². The Morgan fingerprint density at radius 2 is 1.88 bits per heavy atom. The number of hydrogen-bond acceptors (Lipinski definition) is 7. The monoisotopic (exact) mass is 559 g/mol. The zero-order chi connectivity index (χ0) is 28.4. The first-order valence-electron chi connectivity index (χ1n) is 14.1. The van der Waals surface area contributed by atoms with Crippen LogP contribution >= 0.6 is 0 Å². The van der Waals surface area contributed by atoms with Crippen molar-refractivity contribution in [3.8, 4) is 0 Å². The van der Waals surface area contributed by atoms with Crippen LogP contribution in [0, 0.1) is 5.41 Å². The number of aromatic nitrogens is 5. The Kier molecular flexibility index (Phi) is 6.39. The lowest BCUT2D eigenvalue weighted by Gasteiger charge is -2.49. The van der Waals surface area contributed by atoms with Crippen molar-refractivity contribution in [2.45, 2.75) is 77.7 Å². The predicted molar refractivity (Wildman–Crippen MR) is 146 cm³/mol. The van der Waals surface area contributed by atoms with Gasteiger partial charge >= 0.3 is 6.18 Å². The van der Waals surface area contributed by atoms with Crippen LogP contribution in [0.15, 0.2) is 23.1 Å². The first kappa shape index (κ1) is 27.0. The Morgan fingerprint density at radius 3 is 2.52 bits per heavy atom. The normalized spacial score (nSPS) is 21.4. The lowest BCUT2D eigenvalue weighted by Crippen LogP contribution is -2.58. The molecule has 0 aromatic carbocycles. The van der Waals surface area contributed by atoms with Crippen molar-refractivity contribution in [3.63, 3.8) is 0 Å². The van der Waals surface area contributed by atoms with Crippen LogP contribution in [0.2, 0.25) is 0 Å². The summed E-state index contributed by atoms with van der Waals surface area (Å²) in [6, 6.07) is 2.74. The third-order valence-electron chi connectivity index (χ3n) is 8.42. The van der Waals surface area contributed by atoms with E-state index in [0.717, 1.165) is 44.0 Å². The van der Waals surface area contributed by atoms with Crippen molar-refractivity contribution >= 4 is 22.7 Å². The molecule has 0 aliphatic carbocycles. The Bertz CT molecular complexity index is 1480. The molecule has 3 aromatic heterocycles. The molecule has 0 amide bonds. The highest BCUT2D eigenvalue weighted by molar-refractivity contribution is 5.80. The molecular formula is C28H36F3N7O2. The minimum atomic E-state index is -4.47. The zero-order valence-electron chi connectivity index (χ0n) is 23.5. The number of hydrogen-bond donors (Lipinski definition) is 0. The summed E-state index contributed by atoms with van der Waals surface area (Å²) in [5.41, 5.74) is 0.426. The summed E-state index contributed by atoms with van der Waals surface area (Å²) in [7, 11) is 0. The number of nitrogens with zero attached hydrogens (tertiary/aromatic N) is 7. The van der Waals surface area contributed by atoms with Gasteiger partial charge in [0.15, 0.2) is 11.9 Å². The van der Waals surface area contributed by atoms with Crippen molar-refractivity contribution in [3.05, 3.63) is 40.1 Å². The molecule has 0 N–H and O–H groups in total. The fourth-order valence-corrected chi connectivity index (χ4v) is 6.36. The van der Waals surface area contributed by atoms with Crippen LogP contribution in [0.1, 0.15) is 71.0 Å². The fraction of sp³-hybridized carbons (Fsp3) is 0.643. The molecule has 40 heavy (non-hydrogen) atoms. The largest absolute Gasteiger partial charge is 0.433 e. The maximum absolute atomic E-state index is 14.0. The number of anilines is 2. The van der Waals surface area contributed by atoms with Gasteiger partial charge in [-0.25, -0.2) is 4.68 Å². The van der Waals surface area contributed by atoms with Crippen LogP contribution in [0.25, 0.3) is 11.0 Å². The van der Waals surface area contributed by atoms with Crippen LogP contribution in [-0.4, -0.2) is 57.1 Å².